The van der Waals surface area contributed by atoms with Crippen LogP contribution in [0.1, 0.15) is 51.5 Å². The highest BCUT2D eigenvalue weighted by atomic mass is 16.4. The van der Waals surface area contributed by atoms with Crippen molar-refractivity contribution in [2.24, 2.45) is 0 Å². The summed E-state index contributed by atoms with van der Waals surface area (Å²) in [7, 11) is 0. The molecule has 0 unspecified atom stereocenters. The first-order valence-corrected chi connectivity index (χ1v) is 6.56. The first-order valence-electron chi connectivity index (χ1n) is 6.56. The lowest BCUT2D eigenvalue weighted by atomic mass is 9.80. The normalized spacial score (nSPS) is 11.5. The molecule has 0 spiro atoms. The first-order chi connectivity index (χ1) is 8.81. The molecule has 4 heteroatoms. The minimum Gasteiger partial charge on any atom is -0.508 e. The molecule has 0 amide bonds. The van der Waals surface area contributed by atoms with Gasteiger partial charge >= 0.3 is 5.97 Å². The molecule has 1 aromatic carbocycles. The predicted molar refractivity (Wildman–Crippen MR) is 73.5 cm³/mol. The second-order valence-corrected chi connectivity index (χ2v) is 5.58. The molecular weight excluding hydrogens is 244 g/mol. The van der Waals surface area contributed by atoms with Crippen molar-refractivity contribution in [3.8, 4) is 11.5 Å². The Morgan fingerprint density at radius 3 is 2.16 bits per heavy atom. The Morgan fingerprint density at radius 2 is 1.63 bits per heavy atom. The van der Waals surface area contributed by atoms with Crippen LogP contribution in [-0.4, -0.2) is 21.3 Å². The quantitative estimate of drug-likeness (QED) is 0.661. The Bertz CT molecular complexity index is 418. The van der Waals surface area contributed by atoms with Crippen LogP contribution in [0, 0.1) is 0 Å². The molecule has 0 aliphatic heterocycles. The molecule has 0 aliphatic rings. The molecule has 0 fully saturated rings. The monoisotopic (exact) mass is 266 g/mol. The van der Waals surface area contributed by atoms with Crippen molar-refractivity contribution in [1.82, 2.24) is 0 Å². The van der Waals surface area contributed by atoms with Gasteiger partial charge in [0.1, 0.15) is 11.5 Å². The number of hydrogen-bond donors (Lipinski definition) is 3. The summed E-state index contributed by atoms with van der Waals surface area (Å²) in [6.07, 6.45) is 3.59. The number of carboxylic acids is 1. The summed E-state index contributed by atoms with van der Waals surface area (Å²) in [5.41, 5.74) is 0.739. The number of phenolic OH excluding ortho intramolecular Hbond substituents is 2. The summed E-state index contributed by atoms with van der Waals surface area (Å²) in [5.74, 6) is -0.625. The molecule has 106 valence electrons. The van der Waals surface area contributed by atoms with Gasteiger partial charge in [0, 0.05) is 12.5 Å². The van der Waals surface area contributed by atoms with Gasteiger partial charge in [0.15, 0.2) is 0 Å². The van der Waals surface area contributed by atoms with Crippen LogP contribution in [-0.2, 0) is 10.2 Å². The van der Waals surface area contributed by atoms with Gasteiger partial charge in [0.2, 0.25) is 0 Å². The summed E-state index contributed by atoms with van der Waals surface area (Å²) in [6, 6.07) is 4.64. The molecule has 0 saturated heterocycles. The third-order valence-corrected chi connectivity index (χ3v) is 3.38. The van der Waals surface area contributed by atoms with Crippen LogP contribution >= 0.6 is 0 Å². The van der Waals surface area contributed by atoms with E-state index >= 15 is 0 Å². The highest BCUT2D eigenvalue weighted by Crippen LogP contribution is 2.33. The Labute approximate surface area is 113 Å². The summed E-state index contributed by atoms with van der Waals surface area (Å²) in [6.45, 7) is 4.11. The van der Waals surface area contributed by atoms with Crippen molar-refractivity contribution in [2.75, 3.05) is 0 Å². The van der Waals surface area contributed by atoms with Crippen molar-refractivity contribution in [3.05, 3.63) is 23.8 Å². The maximum Gasteiger partial charge on any atom is 0.303 e. The van der Waals surface area contributed by atoms with E-state index in [0.29, 0.717) is 6.42 Å². The van der Waals surface area contributed by atoms with Gasteiger partial charge in [0.25, 0.3) is 0 Å². The summed E-state index contributed by atoms with van der Waals surface area (Å²) in [5, 5.41) is 27.6. The van der Waals surface area contributed by atoms with E-state index in [1.54, 1.807) is 12.1 Å². The molecule has 0 aromatic heterocycles. The second kappa shape index (κ2) is 6.45. The summed E-state index contributed by atoms with van der Waals surface area (Å²) < 4.78 is 0. The number of hydrogen-bond acceptors (Lipinski definition) is 3. The van der Waals surface area contributed by atoms with Gasteiger partial charge in [-0.15, -0.1) is 0 Å². The molecule has 0 aliphatic carbocycles. The van der Waals surface area contributed by atoms with Crippen LogP contribution in [0.5, 0.6) is 11.5 Å². The summed E-state index contributed by atoms with van der Waals surface area (Å²) >= 11 is 0. The summed E-state index contributed by atoms with van der Waals surface area (Å²) in [4.78, 5) is 10.4. The number of aromatic hydroxyl groups is 2. The molecule has 1 rings (SSSR count). The predicted octanol–water partition coefficient (Wildman–Crippen LogP) is 3.41. The van der Waals surface area contributed by atoms with E-state index in [2.05, 4.69) is 13.8 Å². The SMILES string of the molecule is CC(C)(CCCCCC(=O)O)c1cc(O)cc(O)c1. The van der Waals surface area contributed by atoms with Gasteiger partial charge < -0.3 is 15.3 Å². The number of benzene rings is 1. The lowest BCUT2D eigenvalue weighted by Gasteiger charge is -2.25. The fourth-order valence-electron chi connectivity index (χ4n) is 2.15. The average molecular weight is 266 g/mol. The van der Waals surface area contributed by atoms with Gasteiger partial charge in [-0.1, -0.05) is 26.7 Å². The first kappa shape index (κ1) is 15.3. The lowest BCUT2D eigenvalue weighted by molar-refractivity contribution is -0.137. The molecule has 0 bridgehead atoms. The van der Waals surface area contributed by atoms with Gasteiger partial charge in [-0.2, -0.15) is 0 Å². The van der Waals surface area contributed by atoms with E-state index in [-0.39, 0.29) is 23.3 Å². The molecular formula is C15H22O4. The Hall–Kier alpha value is -1.71. The van der Waals surface area contributed by atoms with Gasteiger partial charge in [-0.25, -0.2) is 0 Å². The maximum absolute atomic E-state index is 10.4. The van der Waals surface area contributed by atoms with Crippen molar-refractivity contribution >= 4 is 5.97 Å². The van der Waals surface area contributed by atoms with E-state index in [0.717, 1.165) is 24.8 Å². The molecule has 19 heavy (non-hydrogen) atoms. The third-order valence-electron chi connectivity index (χ3n) is 3.38. The van der Waals surface area contributed by atoms with E-state index in [9.17, 15) is 15.0 Å². The largest absolute Gasteiger partial charge is 0.508 e. The second-order valence-electron chi connectivity index (χ2n) is 5.58. The standard InChI is InChI=1S/C15H22O4/c1-15(2,7-5-3-4-6-14(18)19)11-8-12(16)10-13(17)9-11/h8-10,16-17H,3-7H2,1-2H3,(H,18,19). The van der Waals surface area contributed by atoms with Gasteiger partial charge in [0.05, 0.1) is 0 Å². The molecule has 0 radical (unpaired) electrons. The number of carbonyl (C=O) groups is 1. The highest BCUT2D eigenvalue weighted by Gasteiger charge is 2.21. The van der Waals surface area contributed by atoms with Crippen molar-refractivity contribution < 1.29 is 20.1 Å². The molecule has 0 saturated carbocycles. The minimum atomic E-state index is -0.753. The zero-order valence-electron chi connectivity index (χ0n) is 11.5. The fraction of sp³-hybridized carbons (Fsp3) is 0.533. The van der Waals surface area contributed by atoms with E-state index in [4.69, 9.17) is 5.11 Å². The molecule has 4 nitrogen and oxygen atoms in total. The molecule has 0 heterocycles. The van der Waals surface area contributed by atoms with E-state index < -0.39 is 5.97 Å². The van der Waals surface area contributed by atoms with Crippen LogP contribution < -0.4 is 0 Å². The van der Waals surface area contributed by atoms with Gasteiger partial charge in [-0.05, 0) is 36.0 Å². The Balaban J connectivity index is 2.53. The molecule has 3 N–H and O–H groups in total. The zero-order chi connectivity index (χ0) is 14.5. The fourth-order valence-corrected chi connectivity index (χ4v) is 2.15. The van der Waals surface area contributed by atoms with Crippen LogP contribution in [0.25, 0.3) is 0 Å². The number of aliphatic carboxylic acids is 1. The number of unbranched alkanes of at least 4 members (excludes halogenated alkanes) is 2. The van der Waals surface area contributed by atoms with Crippen molar-refractivity contribution in [1.29, 1.82) is 0 Å². The smallest absolute Gasteiger partial charge is 0.303 e. The van der Waals surface area contributed by atoms with Crippen LogP contribution in [0.15, 0.2) is 18.2 Å². The third kappa shape index (κ3) is 5.20. The lowest BCUT2D eigenvalue weighted by Crippen LogP contribution is -2.16. The number of carboxylic acid groups (broad SMARTS) is 1. The number of rotatable bonds is 7. The molecule has 0 atom stereocenters. The Morgan fingerprint density at radius 1 is 1.05 bits per heavy atom. The van der Waals surface area contributed by atoms with Gasteiger partial charge in [-0.3, -0.25) is 4.79 Å². The number of phenols is 2. The zero-order valence-corrected chi connectivity index (χ0v) is 11.5. The van der Waals surface area contributed by atoms with E-state index in [1.165, 1.54) is 6.07 Å². The highest BCUT2D eigenvalue weighted by molar-refractivity contribution is 5.66. The maximum atomic E-state index is 10.4. The van der Waals surface area contributed by atoms with E-state index in [1.807, 2.05) is 0 Å². The van der Waals surface area contributed by atoms with Crippen molar-refractivity contribution in [3.63, 3.8) is 0 Å². The topological polar surface area (TPSA) is 77.8 Å². The van der Waals surface area contributed by atoms with Crippen molar-refractivity contribution in [2.45, 2.75) is 51.4 Å². The average Bonchev–Trinajstić information content (AvgIpc) is 2.26. The Kier molecular flexibility index (Phi) is 5.21. The van der Waals surface area contributed by atoms with Crippen LogP contribution in [0.2, 0.25) is 0 Å². The van der Waals surface area contributed by atoms with Crippen LogP contribution in [0.3, 0.4) is 0 Å². The minimum absolute atomic E-state index is 0.0638. The molecule has 1 aromatic rings. The van der Waals surface area contributed by atoms with Crippen LogP contribution in [0.4, 0.5) is 0 Å².